The molecule has 3 nitrogen and oxygen atoms in total. The number of imidazole rings is 1. The van der Waals surface area contributed by atoms with E-state index in [0.717, 1.165) is 19.4 Å². The molecular formula is C28H28ClN3. The summed E-state index contributed by atoms with van der Waals surface area (Å²) in [6.07, 6.45) is 8.14. The summed E-state index contributed by atoms with van der Waals surface area (Å²) < 4.78 is 2.24. The molecule has 162 valence electrons. The maximum atomic E-state index is 9.01. The van der Waals surface area contributed by atoms with Crippen LogP contribution in [0.1, 0.15) is 47.7 Å². The van der Waals surface area contributed by atoms with Gasteiger partial charge in [0.15, 0.2) is 0 Å². The van der Waals surface area contributed by atoms with Crippen molar-refractivity contribution in [3.8, 4) is 17.2 Å². The summed E-state index contributed by atoms with van der Waals surface area (Å²) in [7, 11) is 0. The molecule has 0 unspecified atom stereocenters. The molecule has 4 rings (SSSR count). The second-order valence-corrected chi connectivity index (χ2v) is 7.95. The molecule has 0 N–H and O–H groups in total. The van der Waals surface area contributed by atoms with Crippen molar-refractivity contribution in [3.63, 3.8) is 0 Å². The molecule has 32 heavy (non-hydrogen) atoms. The Morgan fingerprint density at radius 2 is 1.69 bits per heavy atom. The molecule has 0 bridgehead atoms. The van der Waals surface area contributed by atoms with Crippen LogP contribution in [0.2, 0.25) is 0 Å². The molecule has 1 heterocycles. The standard InChI is InChI=1S/C28H27N3.ClH/c1-2-3-7-25-17-26(24-8-5-4-6-9-24)14-15-27(25)20-31-21-30-19-28(31)16-22-10-12-23(18-29)13-11-22;/h4-6,8-15,17,19,21H,2-3,7,16,20H2,1H3;1H. The number of aromatic nitrogens is 2. The Bertz CT molecular complexity index is 1170. The fourth-order valence-corrected chi connectivity index (χ4v) is 3.92. The Morgan fingerprint density at radius 3 is 2.41 bits per heavy atom. The third kappa shape index (κ3) is 5.66. The van der Waals surface area contributed by atoms with E-state index in [9.17, 15) is 0 Å². The number of halogens is 1. The van der Waals surface area contributed by atoms with Crippen LogP contribution in [0.4, 0.5) is 0 Å². The number of aryl methyl sites for hydroxylation is 1. The molecule has 0 amide bonds. The van der Waals surface area contributed by atoms with Gasteiger partial charge in [-0.1, -0.05) is 74.0 Å². The fraction of sp³-hybridized carbons (Fsp3) is 0.214. The molecule has 1 aromatic heterocycles. The van der Waals surface area contributed by atoms with E-state index < -0.39 is 0 Å². The quantitative estimate of drug-likeness (QED) is 0.301. The minimum atomic E-state index is 0. The van der Waals surface area contributed by atoms with Crippen LogP contribution in [0.25, 0.3) is 11.1 Å². The van der Waals surface area contributed by atoms with Gasteiger partial charge in [-0.3, -0.25) is 0 Å². The van der Waals surface area contributed by atoms with E-state index in [1.165, 1.54) is 46.4 Å². The van der Waals surface area contributed by atoms with Crippen molar-refractivity contribution in [3.05, 3.63) is 113 Å². The zero-order chi connectivity index (χ0) is 21.5. The monoisotopic (exact) mass is 441 g/mol. The van der Waals surface area contributed by atoms with Gasteiger partial charge in [0.25, 0.3) is 0 Å². The zero-order valence-electron chi connectivity index (χ0n) is 18.4. The Hall–Kier alpha value is -3.35. The average molecular weight is 442 g/mol. The molecule has 3 aromatic carbocycles. The van der Waals surface area contributed by atoms with Crippen LogP contribution in [-0.4, -0.2) is 9.55 Å². The summed E-state index contributed by atoms with van der Waals surface area (Å²) in [6.45, 7) is 3.06. The summed E-state index contributed by atoms with van der Waals surface area (Å²) in [5.74, 6) is 0. The Balaban J connectivity index is 0.00000289. The maximum Gasteiger partial charge on any atom is 0.0991 e. The number of benzene rings is 3. The predicted octanol–water partition coefficient (Wildman–Crippen LogP) is 6.83. The number of nitrogens with zero attached hydrogens (tertiary/aromatic N) is 3. The van der Waals surface area contributed by atoms with Gasteiger partial charge in [-0.15, -0.1) is 12.4 Å². The van der Waals surface area contributed by atoms with Crippen molar-refractivity contribution >= 4 is 12.4 Å². The molecule has 0 aliphatic carbocycles. The van der Waals surface area contributed by atoms with Crippen LogP contribution in [0.5, 0.6) is 0 Å². The number of nitriles is 1. The number of hydrogen-bond acceptors (Lipinski definition) is 2. The Kier molecular flexibility index (Phi) is 8.25. The molecule has 0 radical (unpaired) electrons. The average Bonchev–Trinajstić information content (AvgIpc) is 3.26. The van der Waals surface area contributed by atoms with Crippen LogP contribution in [0.3, 0.4) is 0 Å². The summed E-state index contributed by atoms with van der Waals surface area (Å²) in [4.78, 5) is 4.42. The molecule has 4 heteroatoms. The van der Waals surface area contributed by atoms with Crippen molar-refractivity contribution in [1.82, 2.24) is 9.55 Å². The van der Waals surface area contributed by atoms with E-state index in [-0.39, 0.29) is 12.4 Å². The van der Waals surface area contributed by atoms with Gasteiger partial charge in [0.2, 0.25) is 0 Å². The second kappa shape index (κ2) is 11.3. The first-order valence-corrected chi connectivity index (χ1v) is 10.9. The second-order valence-electron chi connectivity index (χ2n) is 7.95. The van der Waals surface area contributed by atoms with E-state index in [1.54, 1.807) is 0 Å². The normalized spacial score (nSPS) is 10.4. The largest absolute Gasteiger partial charge is 0.330 e. The third-order valence-electron chi connectivity index (χ3n) is 5.72. The lowest BCUT2D eigenvalue weighted by Crippen LogP contribution is -2.07. The SMILES string of the molecule is CCCCc1cc(-c2ccccc2)ccc1Cn1cncc1Cc1ccc(C#N)cc1.Cl. The topological polar surface area (TPSA) is 41.6 Å². The Labute approximate surface area is 196 Å². The summed E-state index contributed by atoms with van der Waals surface area (Å²) >= 11 is 0. The highest BCUT2D eigenvalue weighted by Gasteiger charge is 2.10. The lowest BCUT2D eigenvalue weighted by atomic mass is 9.96. The summed E-state index contributed by atoms with van der Waals surface area (Å²) in [5.41, 5.74) is 8.37. The van der Waals surface area contributed by atoms with Crippen LogP contribution < -0.4 is 0 Å². The Morgan fingerprint density at radius 1 is 0.906 bits per heavy atom. The van der Waals surface area contributed by atoms with E-state index >= 15 is 0 Å². The molecule has 0 spiro atoms. The van der Waals surface area contributed by atoms with Crippen molar-refractivity contribution in [2.75, 3.05) is 0 Å². The van der Waals surface area contributed by atoms with E-state index in [2.05, 4.69) is 71.1 Å². The van der Waals surface area contributed by atoms with Crippen LogP contribution >= 0.6 is 12.4 Å². The minimum Gasteiger partial charge on any atom is -0.330 e. The number of hydrogen-bond donors (Lipinski definition) is 0. The summed E-state index contributed by atoms with van der Waals surface area (Å²) in [5, 5.41) is 9.01. The predicted molar refractivity (Wildman–Crippen MR) is 133 cm³/mol. The first-order valence-electron chi connectivity index (χ1n) is 10.9. The van der Waals surface area contributed by atoms with Crippen molar-refractivity contribution in [2.24, 2.45) is 0 Å². The van der Waals surface area contributed by atoms with E-state index in [1.807, 2.05) is 36.8 Å². The fourth-order valence-electron chi connectivity index (χ4n) is 3.92. The van der Waals surface area contributed by atoms with E-state index in [4.69, 9.17) is 5.26 Å². The van der Waals surface area contributed by atoms with Crippen LogP contribution in [-0.2, 0) is 19.4 Å². The van der Waals surface area contributed by atoms with Gasteiger partial charge in [-0.05, 0) is 52.8 Å². The molecule has 0 aliphatic rings. The summed E-state index contributed by atoms with van der Waals surface area (Å²) in [6, 6.07) is 27.4. The van der Waals surface area contributed by atoms with Gasteiger partial charge in [-0.2, -0.15) is 5.26 Å². The van der Waals surface area contributed by atoms with Crippen LogP contribution in [0, 0.1) is 11.3 Å². The molecule has 0 atom stereocenters. The lowest BCUT2D eigenvalue weighted by molar-refractivity contribution is 0.730. The van der Waals surface area contributed by atoms with Crippen molar-refractivity contribution in [1.29, 1.82) is 5.26 Å². The molecule has 0 fully saturated rings. The molecule has 0 aliphatic heterocycles. The van der Waals surface area contributed by atoms with Crippen molar-refractivity contribution in [2.45, 2.75) is 39.2 Å². The highest BCUT2D eigenvalue weighted by atomic mass is 35.5. The van der Waals surface area contributed by atoms with Crippen molar-refractivity contribution < 1.29 is 0 Å². The smallest absolute Gasteiger partial charge is 0.0991 e. The van der Waals surface area contributed by atoms with Gasteiger partial charge in [-0.25, -0.2) is 4.98 Å². The zero-order valence-corrected chi connectivity index (χ0v) is 19.2. The highest BCUT2D eigenvalue weighted by molar-refractivity contribution is 5.85. The number of rotatable bonds is 8. The molecular weight excluding hydrogens is 414 g/mol. The molecule has 4 aromatic rings. The minimum absolute atomic E-state index is 0. The lowest BCUT2D eigenvalue weighted by Gasteiger charge is -2.15. The molecule has 0 saturated heterocycles. The third-order valence-corrected chi connectivity index (χ3v) is 5.72. The van der Waals surface area contributed by atoms with Gasteiger partial charge in [0.05, 0.1) is 18.0 Å². The number of unbranched alkanes of at least 4 members (excludes halogenated alkanes) is 1. The first kappa shape index (κ1) is 23.3. The highest BCUT2D eigenvalue weighted by Crippen LogP contribution is 2.25. The first-order chi connectivity index (χ1) is 15.3. The molecule has 0 saturated carbocycles. The van der Waals surface area contributed by atoms with Gasteiger partial charge in [0.1, 0.15) is 0 Å². The van der Waals surface area contributed by atoms with Gasteiger partial charge in [0, 0.05) is 24.9 Å². The van der Waals surface area contributed by atoms with Crippen LogP contribution in [0.15, 0.2) is 85.3 Å². The van der Waals surface area contributed by atoms with E-state index in [0.29, 0.717) is 5.56 Å². The van der Waals surface area contributed by atoms with Gasteiger partial charge >= 0.3 is 0 Å². The van der Waals surface area contributed by atoms with Gasteiger partial charge < -0.3 is 4.57 Å². The maximum absolute atomic E-state index is 9.01.